The third-order valence-electron chi connectivity index (χ3n) is 6.00. The van der Waals surface area contributed by atoms with E-state index in [1.807, 2.05) is 17.0 Å². The Bertz CT molecular complexity index is 1500. The van der Waals surface area contributed by atoms with E-state index in [2.05, 4.69) is 20.4 Å². The second kappa shape index (κ2) is 13.6. The molecular formula is C28H26N6O7. The normalized spacial score (nSPS) is 11.0. The van der Waals surface area contributed by atoms with Crippen molar-refractivity contribution in [3.05, 3.63) is 82.9 Å². The Balaban J connectivity index is 1.38. The van der Waals surface area contributed by atoms with E-state index in [0.717, 1.165) is 5.69 Å². The first-order chi connectivity index (χ1) is 19.8. The van der Waals surface area contributed by atoms with Crippen LogP contribution in [-0.4, -0.2) is 50.4 Å². The molecule has 0 bridgehead atoms. The number of nitro groups is 1. The zero-order valence-electron chi connectivity index (χ0n) is 21.8. The van der Waals surface area contributed by atoms with Crippen LogP contribution in [0.2, 0.25) is 0 Å². The standard InChI is InChI=1S/C28H26N6O7/c35-25(36)3-1-17-33(18-2-4-26(37)38)23-15-11-22(12-16-23)30-29-21-9-5-19(6-10-21)27-31-32-28(41-27)20-7-13-24(14-8-20)34(39)40/h5-16H,1-4,17-18H2,(H,35,36)(H,37,38). The number of benzene rings is 3. The fourth-order valence-corrected chi connectivity index (χ4v) is 3.91. The van der Waals surface area contributed by atoms with E-state index < -0.39 is 16.9 Å². The van der Waals surface area contributed by atoms with Gasteiger partial charge in [-0.05, 0) is 73.5 Å². The molecule has 0 saturated carbocycles. The number of carboxylic acids is 2. The van der Waals surface area contributed by atoms with Gasteiger partial charge in [0.25, 0.3) is 5.69 Å². The van der Waals surface area contributed by atoms with Crippen LogP contribution in [0, 0.1) is 10.1 Å². The second-order valence-corrected chi connectivity index (χ2v) is 8.96. The summed E-state index contributed by atoms with van der Waals surface area (Å²) >= 11 is 0. The van der Waals surface area contributed by atoms with Gasteiger partial charge in [-0.1, -0.05) is 0 Å². The van der Waals surface area contributed by atoms with Crippen molar-refractivity contribution in [2.24, 2.45) is 10.2 Å². The minimum absolute atomic E-state index is 0.0304. The highest BCUT2D eigenvalue weighted by Crippen LogP contribution is 2.28. The lowest BCUT2D eigenvalue weighted by Crippen LogP contribution is -2.26. The van der Waals surface area contributed by atoms with Crippen LogP contribution in [0.5, 0.6) is 0 Å². The highest BCUT2D eigenvalue weighted by Gasteiger charge is 2.13. The maximum Gasteiger partial charge on any atom is 0.303 e. The molecule has 0 aliphatic rings. The van der Waals surface area contributed by atoms with Crippen molar-refractivity contribution < 1.29 is 29.1 Å². The van der Waals surface area contributed by atoms with Crippen LogP contribution in [0.3, 0.4) is 0 Å². The van der Waals surface area contributed by atoms with E-state index >= 15 is 0 Å². The summed E-state index contributed by atoms with van der Waals surface area (Å²) in [7, 11) is 0. The molecule has 0 unspecified atom stereocenters. The molecule has 0 radical (unpaired) electrons. The summed E-state index contributed by atoms with van der Waals surface area (Å²) in [5, 5.41) is 45.3. The number of nitrogens with zero attached hydrogens (tertiary/aromatic N) is 6. The topological polar surface area (TPSA) is 185 Å². The molecule has 41 heavy (non-hydrogen) atoms. The molecule has 3 aromatic carbocycles. The largest absolute Gasteiger partial charge is 0.481 e. The molecule has 13 heteroatoms. The Hall–Kier alpha value is -5.46. The zero-order valence-corrected chi connectivity index (χ0v) is 21.8. The van der Waals surface area contributed by atoms with Gasteiger partial charge >= 0.3 is 11.9 Å². The number of hydrogen-bond donors (Lipinski definition) is 2. The summed E-state index contributed by atoms with van der Waals surface area (Å²) in [6.07, 6.45) is 0.964. The maximum atomic E-state index is 10.9. The summed E-state index contributed by atoms with van der Waals surface area (Å²) in [6, 6.07) is 20.1. The molecule has 13 nitrogen and oxygen atoms in total. The fraction of sp³-hybridized carbons (Fsp3) is 0.214. The van der Waals surface area contributed by atoms with Gasteiger partial charge in [0.1, 0.15) is 0 Å². The molecule has 0 aliphatic heterocycles. The molecule has 0 atom stereocenters. The van der Waals surface area contributed by atoms with E-state index in [9.17, 15) is 19.7 Å². The van der Waals surface area contributed by atoms with Gasteiger partial charge in [-0.3, -0.25) is 19.7 Å². The lowest BCUT2D eigenvalue weighted by Gasteiger charge is -2.24. The number of non-ortho nitro benzene ring substituents is 1. The first-order valence-corrected chi connectivity index (χ1v) is 12.7. The number of azo groups is 1. The van der Waals surface area contributed by atoms with Gasteiger partial charge in [0, 0.05) is 54.9 Å². The smallest absolute Gasteiger partial charge is 0.303 e. The third kappa shape index (κ3) is 8.26. The van der Waals surface area contributed by atoms with Crippen LogP contribution >= 0.6 is 0 Å². The Morgan fingerprint density at radius 1 is 0.756 bits per heavy atom. The van der Waals surface area contributed by atoms with Crippen LogP contribution in [0.4, 0.5) is 22.7 Å². The van der Waals surface area contributed by atoms with Gasteiger partial charge in [-0.25, -0.2) is 0 Å². The summed E-state index contributed by atoms with van der Waals surface area (Å²) in [5.41, 5.74) is 3.25. The third-order valence-corrected chi connectivity index (χ3v) is 6.00. The van der Waals surface area contributed by atoms with Crippen LogP contribution in [0.1, 0.15) is 25.7 Å². The lowest BCUT2D eigenvalue weighted by molar-refractivity contribution is -0.384. The number of rotatable bonds is 14. The molecule has 0 aliphatic carbocycles. The zero-order chi connectivity index (χ0) is 29.2. The van der Waals surface area contributed by atoms with Crippen LogP contribution in [-0.2, 0) is 9.59 Å². The summed E-state index contributed by atoms with van der Waals surface area (Å²) in [6.45, 7) is 0.989. The van der Waals surface area contributed by atoms with Gasteiger partial charge in [-0.2, -0.15) is 10.2 Å². The number of hydrogen-bond acceptors (Lipinski definition) is 10. The number of nitro benzene ring substituents is 1. The van der Waals surface area contributed by atoms with Crippen LogP contribution in [0.15, 0.2) is 87.4 Å². The molecule has 2 N–H and O–H groups in total. The van der Waals surface area contributed by atoms with Gasteiger partial charge < -0.3 is 19.5 Å². The van der Waals surface area contributed by atoms with Crippen molar-refractivity contribution >= 4 is 34.7 Å². The van der Waals surface area contributed by atoms with Crippen molar-refractivity contribution in [1.82, 2.24) is 10.2 Å². The molecule has 0 amide bonds. The number of carbonyl (C=O) groups is 2. The molecule has 0 fully saturated rings. The SMILES string of the molecule is O=C(O)CCCN(CCCC(=O)O)c1ccc(N=Nc2ccc(-c3nnc(-c4ccc([N+](=O)[O-])cc4)o3)cc2)cc1. The van der Waals surface area contributed by atoms with Gasteiger partial charge in [0.2, 0.25) is 11.8 Å². The lowest BCUT2D eigenvalue weighted by atomic mass is 10.2. The van der Waals surface area contributed by atoms with Gasteiger partial charge in [-0.15, -0.1) is 10.2 Å². The molecule has 1 heterocycles. The molecule has 4 aromatic rings. The molecule has 4 rings (SSSR count). The number of aromatic nitrogens is 2. The molecule has 210 valence electrons. The van der Waals surface area contributed by atoms with Crippen LogP contribution < -0.4 is 4.90 Å². The van der Waals surface area contributed by atoms with E-state index in [-0.39, 0.29) is 30.3 Å². The fourth-order valence-electron chi connectivity index (χ4n) is 3.91. The predicted molar refractivity (Wildman–Crippen MR) is 148 cm³/mol. The Morgan fingerprint density at radius 3 is 1.63 bits per heavy atom. The average Bonchev–Trinajstić information content (AvgIpc) is 3.46. The first-order valence-electron chi connectivity index (χ1n) is 12.7. The Labute approximate surface area is 233 Å². The van der Waals surface area contributed by atoms with Gasteiger partial charge in [0.15, 0.2) is 0 Å². The Kier molecular flexibility index (Phi) is 9.44. The summed E-state index contributed by atoms with van der Waals surface area (Å²) < 4.78 is 5.72. The van der Waals surface area contributed by atoms with Gasteiger partial charge in [0.05, 0.1) is 16.3 Å². The average molecular weight is 559 g/mol. The quantitative estimate of drug-likeness (QED) is 0.102. The van der Waals surface area contributed by atoms with Crippen LogP contribution in [0.25, 0.3) is 22.9 Å². The number of carboxylic acid groups (broad SMARTS) is 2. The van der Waals surface area contributed by atoms with Crippen molar-refractivity contribution in [3.8, 4) is 22.9 Å². The first kappa shape index (κ1) is 28.5. The van der Waals surface area contributed by atoms with E-state index in [4.69, 9.17) is 14.6 Å². The molecular weight excluding hydrogens is 532 g/mol. The van der Waals surface area contributed by atoms with Crippen molar-refractivity contribution in [2.75, 3.05) is 18.0 Å². The molecule has 0 saturated heterocycles. The molecule has 1 aromatic heterocycles. The maximum absolute atomic E-state index is 10.9. The van der Waals surface area contributed by atoms with Crippen molar-refractivity contribution in [3.63, 3.8) is 0 Å². The minimum Gasteiger partial charge on any atom is -0.481 e. The Morgan fingerprint density at radius 2 is 1.20 bits per heavy atom. The summed E-state index contributed by atoms with van der Waals surface area (Å²) in [4.78, 5) is 34.1. The number of aliphatic carboxylic acids is 2. The monoisotopic (exact) mass is 558 g/mol. The second-order valence-electron chi connectivity index (χ2n) is 8.96. The van der Waals surface area contributed by atoms with E-state index in [1.54, 1.807) is 48.5 Å². The van der Waals surface area contributed by atoms with Crippen molar-refractivity contribution in [1.29, 1.82) is 0 Å². The van der Waals surface area contributed by atoms with E-state index in [0.29, 0.717) is 48.4 Å². The summed E-state index contributed by atoms with van der Waals surface area (Å²) in [5.74, 6) is -1.22. The highest BCUT2D eigenvalue weighted by atomic mass is 16.6. The number of anilines is 1. The van der Waals surface area contributed by atoms with E-state index in [1.165, 1.54) is 12.1 Å². The van der Waals surface area contributed by atoms with Crippen molar-refractivity contribution in [2.45, 2.75) is 25.7 Å². The molecule has 0 spiro atoms. The highest BCUT2D eigenvalue weighted by molar-refractivity contribution is 5.67. The predicted octanol–water partition coefficient (Wildman–Crippen LogP) is 6.26. The minimum atomic E-state index is -0.872.